The van der Waals surface area contributed by atoms with Crippen LogP contribution in [0.2, 0.25) is 0 Å². The van der Waals surface area contributed by atoms with Gasteiger partial charge in [0.05, 0.1) is 63.1 Å². The van der Waals surface area contributed by atoms with Crippen LogP contribution in [0, 0.1) is 39.9 Å². The normalized spacial score (nSPS) is 15.5. The first-order valence-electron chi connectivity index (χ1n) is 18.9. The maximum atomic E-state index is 11.8. The maximum absolute atomic E-state index is 11.8. The Kier molecular flexibility index (Phi) is 38.4. The summed E-state index contributed by atoms with van der Waals surface area (Å²) in [5, 5.41) is 147. The molecule has 1 rings (SSSR count). The first-order valence-corrected chi connectivity index (χ1v) is 18.9. The van der Waals surface area contributed by atoms with Crippen LogP contribution < -0.4 is 26.0 Å². The number of aliphatic hydroxyl groups excluding tert-OH is 10. The Morgan fingerprint density at radius 1 is 0.603 bits per heavy atom. The zero-order valence-electron chi connectivity index (χ0n) is 34.7. The average Bonchev–Trinajstić information content (AvgIpc) is 3.21. The number of hydrogen-bond acceptors (Lipinski definition) is 24. The monoisotopic (exact) mass is 1060 g/mol. The van der Waals surface area contributed by atoms with E-state index in [-0.39, 0.29) is 92.4 Å². The molecule has 365 valence electrons. The van der Waals surface area contributed by atoms with E-state index in [9.17, 15) is 54.6 Å². The number of carboxylic acids is 5. The molecular formula is C36H62GdN5O21. The van der Waals surface area contributed by atoms with Crippen LogP contribution in [0.3, 0.4) is 0 Å². The number of aliphatic carboxylic acids is 5. The van der Waals surface area contributed by atoms with Crippen molar-refractivity contribution in [3.05, 3.63) is 35.9 Å². The van der Waals surface area contributed by atoms with Crippen LogP contribution in [0.4, 0.5) is 0 Å². The number of likely N-dealkylation sites (N-methyl/N-ethyl adjacent to an activating group) is 2. The first-order chi connectivity index (χ1) is 29.1. The Labute approximate surface area is 395 Å². The first kappa shape index (κ1) is 64.5. The number of carbonyl (C=O) groups is 5. The van der Waals surface area contributed by atoms with Crippen molar-refractivity contribution in [1.29, 1.82) is 0 Å². The second-order valence-electron chi connectivity index (χ2n) is 13.5. The van der Waals surface area contributed by atoms with Gasteiger partial charge in [0.2, 0.25) is 0 Å². The van der Waals surface area contributed by atoms with Crippen molar-refractivity contribution in [2.75, 3.05) is 99.4 Å². The quantitative estimate of drug-likeness (QED) is 0.0319. The molecule has 0 aromatic heterocycles. The van der Waals surface area contributed by atoms with Crippen molar-refractivity contribution >= 4 is 29.8 Å². The Morgan fingerprint density at radius 3 is 1.38 bits per heavy atom. The van der Waals surface area contributed by atoms with Gasteiger partial charge in [-0.3, -0.25) is 24.3 Å². The zero-order chi connectivity index (χ0) is 47.9. The van der Waals surface area contributed by atoms with E-state index in [1.165, 1.54) is 4.90 Å². The third-order valence-corrected chi connectivity index (χ3v) is 8.42. The fourth-order valence-electron chi connectivity index (χ4n) is 5.09. The Balaban J connectivity index is -0.00000109. The maximum Gasteiger partial charge on any atom is 3.00 e. The van der Waals surface area contributed by atoms with Crippen LogP contribution in [0.25, 0.3) is 0 Å². The molecule has 0 saturated carbocycles. The SMILES string of the molecule is CNC[C@@H](O)[C@H](O)[C@@H](O)[C@@H](O)CO.CNC[C@H](O)[C@@H](O)[C@@H](O)[C@H](O)CO.O=C([O-])CN(CCN(CC(=O)[O-])CC(=O)O)CCN(CC(=O)[O-])C(COCc1ccccc1)C(=O)O.[Gd+3]. The third kappa shape index (κ3) is 30.9. The largest absolute Gasteiger partial charge is 3.00 e. The molecule has 0 saturated heterocycles. The Bertz CT molecular complexity index is 1350. The van der Waals surface area contributed by atoms with Gasteiger partial charge in [0.1, 0.15) is 42.7 Å². The molecule has 63 heavy (non-hydrogen) atoms. The molecule has 0 aliphatic rings. The third-order valence-electron chi connectivity index (χ3n) is 8.42. The van der Waals surface area contributed by atoms with Gasteiger partial charge < -0.3 is 106 Å². The van der Waals surface area contributed by atoms with Crippen LogP contribution in [0.1, 0.15) is 5.56 Å². The van der Waals surface area contributed by atoms with E-state index in [1.54, 1.807) is 44.4 Å². The second kappa shape index (κ2) is 37.5. The fourth-order valence-corrected chi connectivity index (χ4v) is 5.09. The molecule has 26 nitrogen and oxygen atoms in total. The van der Waals surface area contributed by atoms with Gasteiger partial charge in [0.15, 0.2) is 0 Å². The van der Waals surface area contributed by atoms with Gasteiger partial charge in [-0.25, -0.2) is 0 Å². The molecule has 0 aliphatic carbocycles. The molecule has 14 N–H and O–H groups in total. The predicted octanol–water partition coefficient (Wildman–Crippen LogP) is -11.8. The van der Waals surface area contributed by atoms with Crippen LogP contribution in [0.15, 0.2) is 30.3 Å². The molecule has 0 spiro atoms. The smallest absolute Gasteiger partial charge is 0.549 e. The molecule has 1 aromatic carbocycles. The summed E-state index contributed by atoms with van der Waals surface area (Å²) in [6, 6.07) is 7.47. The fraction of sp³-hybridized carbons (Fsp3) is 0.694. The van der Waals surface area contributed by atoms with Gasteiger partial charge in [-0.1, -0.05) is 30.3 Å². The Hall–Kier alpha value is -2.75. The second-order valence-corrected chi connectivity index (χ2v) is 13.5. The predicted molar refractivity (Wildman–Crippen MR) is 205 cm³/mol. The van der Waals surface area contributed by atoms with Crippen molar-refractivity contribution in [1.82, 2.24) is 25.3 Å². The van der Waals surface area contributed by atoms with Gasteiger partial charge in [-0.2, -0.15) is 0 Å². The minimum Gasteiger partial charge on any atom is -0.549 e. The topological polar surface area (TPSA) is 440 Å². The van der Waals surface area contributed by atoms with Crippen molar-refractivity contribution < 1.29 is 145 Å². The van der Waals surface area contributed by atoms with Gasteiger partial charge in [-0.15, -0.1) is 0 Å². The van der Waals surface area contributed by atoms with E-state index in [0.717, 1.165) is 15.4 Å². The summed E-state index contributed by atoms with van der Waals surface area (Å²) in [4.78, 5) is 59.3. The molecule has 0 heterocycles. The van der Waals surface area contributed by atoms with Gasteiger partial charge >= 0.3 is 51.9 Å². The van der Waals surface area contributed by atoms with E-state index in [1.807, 2.05) is 0 Å². The minimum atomic E-state index is -1.56. The van der Waals surface area contributed by atoms with Gasteiger partial charge in [0.25, 0.3) is 0 Å². The molecule has 1 radical (unpaired) electrons. The number of nitrogens with zero attached hydrogens (tertiary/aromatic N) is 3. The number of carboxylic acid groups (broad SMARTS) is 5. The van der Waals surface area contributed by atoms with Crippen molar-refractivity contribution in [3.63, 3.8) is 0 Å². The number of hydrogen-bond donors (Lipinski definition) is 14. The van der Waals surface area contributed by atoms with Crippen LogP contribution in [-0.2, 0) is 35.3 Å². The van der Waals surface area contributed by atoms with Crippen LogP contribution >= 0.6 is 0 Å². The van der Waals surface area contributed by atoms with Crippen molar-refractivity contribution in [2.24, 2.45) is 0 Å². The van der Waals surface area contributed by atoms with E-state index in [2.05, 4.69) is 10.6 Å². The van der Waals surface area contributed by atoms with Crippen LogP contribution in [0.5, 0.6) is 0 Å². The van der Waals surface area contributed by atoms with Crippen LogP contribution in [-0.4, -0.2) is 260 Å². The number of benzene rings is 1. The van der Waals surface area contributed by atoms with E-state index >= 15 is 0 Å². The molecular weight excluding hydrogens is 996 g/mol. The zero-order valence-corrected chi connectivity index (χ0v) is 37.0. The molecule has 1 unspecified atom stereocenters. The molecule has 0 bridgehead atoms. The summed E-state index contributed by atoms with van der Waals surface area (Å²) < 4.78 is 5.45. The molecule has 0 amide bonds. The number of aliphatic hydroxyl groups is 10. The van der Waals surface area contributed by atoms with E-state index in [4.69, 9.17) is 50.7 Å². The van der Waals surface area contributed by atoms with Gasteiger partial charge in [-0.05, 0) is 19.7 Å². The molecule has 1 aromatic rings. The molecule has 9 atom stereocenters. The molecule has 27 heteroatoms. The number of carbonyl (C=O) groups excluding carboxylic acids is 3. The molecule has 0 fully saturated rings. The summed E-state index contributed by atoms with van der Waals surface area (Å²) in [5.74, 6) is -7.24. The number of nitrogens with one attached hydrogen (secondary N) is 2. The summed E-state index contributed by atoms with van der Waals surface area (Å²) in [6.07, 6.45) is -11.3. The van der Waals surface area contributed by atoms with E-state index in [0.29, 0.717) is 0 Å². The van der Waals surface area contributed by atoms with E-state index < -0.39 is 124 Å². The Morgan fingerprint density at radius 2 is 1.00 bits per heavy atom. The standard InChI is InChI=1S/C22H31N3O11.2C7H17NO5.Gd/c26-18(27)10-23(6-7-24(11-19(28)29)12-20(30)31)8-9-25(13-21(32)33)17(22(34)35)15-36-14-16-4-2-1-3-5-16;2*1-8-2-4(10)6(12)7(13)5(11)3-9;/h1-5,17H,6-15H2,(H,26,27)(H,28,29)(H,30,31)(H,32,33)(H,34,35);2*4-13H,2-3H2,1H3;/q;;;+3/p-3/t;4-,5+,6+,7+;4-,5+,6+,7-;/m.10./s1. The van der Waals surface area contributed by atoms with Crippen molar-refractivity contribution in [2.45, 2.75) is 61.5 Å². The average molecular weight is 1060 g/mol. The molecule has 0 aliphatic heterocycles. The minimum absolute atomic E-state index is 0. The van der Waals surface area contributed by atoms with Crippen molar-refractivity contribution in [3.8, 4) is 0 Å². The summed E-state index contributed by atoms with van der Waals surface area (Å²) in [7, 11) is 3.15. The summed E-state index contributed by atoms with van der Waals surface area (Å²) in [5.41, 5.74) is 0.774. The number of rotatable bonds is 32. The summed E-state index contributed by atoms with van der Waals surface area (Å²) >= 11 is 0. The van der Waals surface area contributed by atoms with Gasteiger partial charge in [0, 0.05) is 58.9 Å². The number of ether oxygens (including phenoxy) is 1. The summed E-state index contributed by atoms with van der Waals surface area (Å²) in [6.45, 7) is -4.87.